The molecule has 0 spiro atoms. The van der Waals surface area contributed by atoms with Crippen LogP contribution in [0.15, 0.2) is 72.8 Å². The van der Waals surface area contributed by atoms with Crippen LogP contribution in [-0.4, -0.2) is 37.0 Å². The summed E-state index contributed by atoms with van der Waals surface area (Å²) in [5.41, 5.74) is 4.93. The molecular weight excluding hydrogens is 612 g/mol. The molecule has 8 heteroatoms. The molecule has 8 rings (SSSR count). The Kier molecular flexibility index (Phi) is 5.49. The summed E-state index contributed by atoms with van der Waals surface area (Å²) >= 11 is 8.04. The maximum atomic E-state index is 14.1. The fourth-order valence-corrected chi connectivity index (χ4v) is 9.10. The Labute approximate surface area is 237 Å². The second-order valence-electron chi connectivity index (χ2n) is 10.4. The first kappa shape index (κ1) is 24.2. The van der Waals surface area contributed by atoms with Crippen LogP contribution in [0.2, 0.25) is 0 Å². The van der Waals surface area contributed by atoms with Crippen molar-refractivity contribution in [3.8, 4) is 0 Å². The van der Waals surface area contributed by atoms with Crippen molar-refractivity contribution in [1.82, 2.24) is 5.32 Å². The van der Waals surface area contributed by atoms with Crippen LogP contribution in [0.5, 0.6) is 0 Å². The first-order valence-corrected chi connectivity index (χ1v) is 14.4. The quantitative estimate of drug-likeness (QED) is 0.323. The van der Waals surface area contributed by atoms with Gasteiger partial charge in [-0.2, -0.15) is 0 Å². The van der Waals surface area contributed by atoms with Gasteiger partial charge in [0.15, 0.2) is 0 Å². The van der Waals surface area contributed by atoms with Crippen molar-refractivity contribution in [3.05, 3.63) is 101 Å². The number of hydrogen-bond acceptors (Lipinski definition) is 4. The van der Waals surface area contributed by atoms with Gasteiger partial charge in [0.1, 0.15) is 0 Å². The molecule has 2 aliphatic heterocycles. The minimum Gasteiger partial charge on any atom is -0.376 e. The third-order valence-electron chi connectivity index (χ3n) is 8.49. The van der Waals surface area contributed by atoms with E-state index in [2.05, 4.69) is 37.2 Å². The molecule has 192 valence electrons. The van der Waals surface area contributed by atoms with E-state index in [1.807, 2.05) is 48.5 Å². The first-order valence-electron chi connectivity index (χ1n) is 12.8. The number of alkyl halides is 2. The van der Waals surface area contributed by atoms with E-state index in [1.165, 1.54) is 4.90 Å². The average Bonchev–Trinajstić information content (AvgIpc) is 3.56. The van der Waals surface area contributed by atoms with Gasteiger partial charge in [0.25, 0.3) is 5.91 Å². The number of hydrogen-bond donors (Lipinski definition) is 1. The summed E-state index contributed by atoms with van der Waals surface area (Å²) in [6, 6.07) is 22.7. The number of benzene rings is 3. The highest BCUT2D eigenvalue weighted by atomic mass is 79.9. The molecule has 0 saturated carbocycles. The highest BCUT2D eigenvalue weighted by molar-refractivity contribution is 9.10. The standard InChI is InChI=1S/C30H24Br2N2O4/c31-29-20-7-1-2-8-21(20)30(32,23-10-4-3-9-22(23)29)25-24(29)27(36)34(28(25)37)18-13-11-17(12-14-18)26(35)33-16-19-6-5-15-38-19/h1-4,7-14,19,24-25H,5-6,15-16H2,(H,33,35)/t19-,24-,25+,29?,30?/m0/s1. The Morgan fingerprint density at radius 1 is 0.842 bits per heavy atom. The number of ether oxygens (including phenoxy) is 1. The summed E-state index contributed by atoms with van der Waals surface area (Å²) in [5.74, 6) is -1.97. The predicted molar refractivity (Wildman–Crippen MR) is 150 cm³/mol. The van der Waals surface area contributed by atoms with Crippen LogP contribution in [0.4, 0.5) is 5.69 Å². The normalized spacial score (nSPS) is 30.7. The van der Waals surface area contributed by atoms with Crippen molar-refractivity contribution in [2.75, 3.05) is 18.1 Å². The predicted octanol–water partition coefficient (Wildman–Crippen LogP) is 5.01. The highest BCUT2D eigenvalue weighted by Crippen LogP contribution is 2.70. The largest absolute Gasteiger partial charge is 0.376 e. The van der Waals surface area contributed by atoms with Crippen molar-refractivity contribution in [3.63, 3.8) is 0 Å². The number of nitrogens with one attached hydrogen (secondary N) is 1. The van der Waals surface area contributed by atoms with Crippen molar-refractivity contribution >= 4 is 55.3 Å². The lowest BCUT2D eigenvalue weighted by atomic mass is 9.54. The molecular formula is C30H24Br2N2O4. The molecule has 0 unspecified atom stereocenters. The molecule has 2 fully saturated rings. The topological polar surface area (TPSA) is 75.7 Å². The minimum absolute atomic E-state index is 0.0539. The van der Waals surface area contributed by atoms with Crippen LogP contribution in [0.3, 0.4) is 0 Å². The molecule has 3 amide bonds. The summed E-state index contributed by atoms with van der Waals surface area (Å²) in [6.45, 7) is 1.20. The lowest BCUT2D eigenvalue weighted by Crippen LogP contribution is -2.56. The second kappa shape index (κ2) is 8.60. The molecule has 0 aromatic heterocycles. The number of carbonyl (C=O) groups is 3. The van der Waals surface area contributed by atoms with Crippen LogP contribution in [0.25, 0.3) is 0 Å². The number of nitrogens with zero attached hydrogens (tertiary/aromatic N) is 1. The second-order valence-corrected chi connectivity index (χ2v) is 12.9. The number of anilines is 1. The summed E-state index contributed by atoms with van der Waals surface area (Å²) in [7, 11) is 0. The van der Waals surface area contributed by atoms with Gasteiger partial charge in [0.2, 0.25) is 11.8 Å². The van der Waals surface area contributed by atoms with Gasteiger partial charge in [-0.25, -0.2) is 4.90 Å². The lowest BCUT2D eigenvalue weighted by Gasteiger charge is -2.55. The number of rotatable bonds is 4. The van der Waals surface area contributed by atoms with E-state index in [0.29, 0.717) is 17.8 Å². The van der Waals surface area contributed by atoms with Crippen molar-refractivity contribution in [1.29, 1.82) is 0 Å². The Bertz CT molecular complexity index is 1380. The minimum atomic E-state index is -0.829. The molecule has 3 atom stereocenters. The van der Waals surface area contributed by atoms with Crippen LogP contribution >= 0.6 is 31.9 Å². The monoisotopic (exact) mass is 634 g/mol. The maximum absolute atomic E-state index is 14.1. The van der Waals surface area contributed by atoms with Gasteiger partial charge in [-0.3, -0.25) is 14.4 Å². The molecule has 3 aromatic carbocycles. The van der Waals surface area contributed by atoms with E-state index < -0.39 is 20.5 Å². The number of carbonyl (C=O) groups excluding carboxylic acids is 3. The summed E-state index contributed by atoms with van der Waals surface area (Å²) < 4.78 is 3.92. The molecule has 3 aromatic rings. The smallest absolute Gasteiger partial charge is 0.251 e. The SMILES string of the molecule is O=C(NC[C@@H]1CCCO1)c1ccc(N2C(=O)[C@@H]3[C@H](C2=O)C2(Br)c4ccccc4C3(Br)c3ccccc32)cc1. The molecule has 3 aliphatic carbocycles. The summed E-state index contributed by atoms with van der Waals surface area (Å²) in [6.07, 6.45) is 2.01. The van der Waals surface area contributed by atoms with Crippen LogP contribution in [0.1, 0.15) is 45.5 Å². The fourth-order valence-electron chi connectivity index (χ4n) is 6.80. The molecule has 1 N–H and O–H groups in total. The zero-order valence-corrected chi connectivity index (χ0v) is 23.5. The Hall–Kier alpha value is -2.81. The van der Waals surface area contributed by atoms with Gasteiger partial charge < -0.3 is 10.1 Å². The molecule has 2 bridgehead atoms. The van der Waals surface area contributed by atoms with Crippen LogP contribution < -0.4 is 10.2 Å². The maximum Gasteiger partial charge on any atom is 0.251 e. The molecule has 6 nitrogen and oxygen atoms in total. The van der Waals surface area contributed by atoms with Gasteiger partial charge in [-0.15, -0.1) is 0 Å². The Morgan fingerprint density at radius 3 is 1.79 bits per heavy atom. The highest BCUT2D eigenvalue weighted by Gasteiger charge is 2.72. The number of halogens is 2. The first-order chi connectivity index (χ1) is 18.4. The fraction of sp³-hybridized carbons (Fsp3) is 0.300. The van der Waals surface area contributed by atoms with Gasteiger partial charge in [0.05, 0.1) is 32.3 Å². The zero-order valence-electron chi connectivity index (χ0n) is 20.3. The zero-order chi connectivity index (χ0) is 26.2. The van der Waals surface area contributed by atoms with Crippen molar-refractivity contribution in [2.24, 2.45) is 11.8 Å². The summed E-state index contributed by atoms with van der Waals surface area (Å²) in [4.78, 5) is 42.2. The van der Waals surface area contributed by atoms with Gasteiger partial charge in [-0.1, -0.05) is 80.4 Å². The number of imide groups is 1. The number of amides is 3. The van der Waals surface area contributed by atoms with Gasteiger partial charge in [-0.05, 0) is 59.4 Å². The average molecular weight is 636 g/mol. The van der Waals surface area contributed by atoms with E-state index in [1.54, 1.807) is 24.3 Å². The third kappa shape index (κ3) is 3.11. The third-order valence-corrected chi connectivity index (χ3v) is 11.2. The molecule has 5 aliphatic rings. The summed E-state index contributed by atoms with van der Waals surface area (Å²) in [5, 5.41) is 2.91. The van der Waals surface area contributed by atoms with Crippen LogP contribution in [0, 0.1) is 11.8 Å². The van der Waals surface area contributed by atoms with E-state index in [9.17, 15) is 14.4 Å². The molecule has 2 saturated heterocycles. The molecule has 0 radical (unpaired) electrons. The van der Waals surface area contributed by atoms with Crippen LogP contribution in [-0.2, 0) is 23.0 Å². The Morgan fingerprint density at radius 2 is 1.34 bits per heavy atom. The van der Waals surface area contributed by atoms with E-state index >= 15 is 0 Å². The van der Waals surface area contributed by atoms with Gasteiger partial charge in [0, 0.05) is 18.7 Å². The molecule has 2 heterocycles. The van der Waals surface area contributed by atoms with E-state index in [0.717, 1.165) is 41.7 Å². The van der Waals surface area contributed by atoms with Crippen molar-refractivity contribution < 1.29 is 19.1 Å². The van der Waals surface area contributed by atoms with Crippen molar-refractivity contribution in [2.45, 2.75) is 27.6 Å². The van der Waals surface area contributed by atoms with Gasteiger partial charge >= 0.3 is 0 Å². The molecule has 38 heavy (non-hydrogen) atoms. The Balaban J connectivity index is 1.25. The van der Waals surface area contributed by atoms with E-state index in [4.69, 9.17) is 4.74 Å². The van der Waals surface area contributed by atoms with E-state index in [-0.39, 0.29) is 23.8 Å². The lowest BCUT2D eigenvalue weighted by molar-refractivity contribution is -0.122.